The molecule has 12 rings (SSSR count). The highest BCUT2D eigenvalue weighted by atomic mass is 32.1. The normalized spacial score (nSPS) is 12.1. The number of thiophene rings is 2. The van der Waals surface area contributed by atoms with Crippen molar-refractivity contribution in [2.45, 2.75) is 0 Å². The molecule has 0 aliphatic heterocycles. The number of fused-ring (bicyclic) bond motifs is 12. The van der Waals surface area contributed by atoms with Crippen molar-refractivity contribution in [2.75, 3.05) is 0 Å². The van der Waals surface area contributed by atoms with Crippen LogP contribution in [0.15, 0.2) is 182 Å². The summed E-state index contributed by atoms with van der Waals surface area (Å²) in [5, 5.41) is 15.8. The fourth-order valence-corrected chi connectivity index (χ4v) is 11.6. The highest BCUT2D eigenvalue weighted by molar-refractivity contribution is 7.29. The van der Waals surface area contributed by atoms with Crippen LogP contribution in [0, 0.1) is 0 Å². The number of benzene rings is 10. The van der Waals surface area contributed by atoms with E-state index in [4.69, 9.17) is 0 Å². The topological polar surface area (TPSA) is 0 Å². The molecule has 0 saturated heterocycles. The lowest BCUT2D eigenvalue weighted by Crippen LogP contribution is -1.92. The lowest BCUT2D eigenvalue weighted by molar-refractivity contribution is 1.66. The lowest BCUT2D eigenvalue weighted by Gasteiger charge is -2.19. The summed E-state index contributed by atoms with van der Waals surface area (Å²) in [4.78, 5) is 0. The summed E-state index contributed by atoms with van der Waals surface area (Å²) in [5.41, 5.74) is 7.62. The third-order valence-corrected chi connectivity index (χ3v) is 13.8. The van der Waals surface area contributed by atoms with Crippen molar-refractivity contribution in [1.29, 1.82) is 0 Å². The Kier molecular flexibility index (Phi) is 6.48. The SMILES string of the molecule is c1ccc(-c2c3ccccc3c(-c3ccc(-c4ccc5sc6ccc7c(sc8ccc9ccccc9c87)c6c5c4)c4ccccc34)c3ccccc23)cc1. The van der Waals surface area contributed by atoms with Crippen LogP contribution in [-0.2, 0) is 0 Å². The average molecular weight is 719 g/mol. The second-order valence-corrected chi connectivity index (χ2v) is 16.4. The Bertz CT molecular complexity index is 3430. The van der Waals surface area contributed by atoms with Crippen molar-refractivity contribution in [3.8, 4) is 33.4 Å². The summed E-state index contributed by atoms with van der Waals surface area (Å²) >= 11 is 3.84. The Morgan fingerprint density at radius 1 is 0.278 bits per heavy atom. The van der Waals surface area contributed by atoms with Crippen molar-refractivity contribution in [3.63, 3.8) is 0 Å². The standard InChI is InChI=1S/C52H30S2/c1-2-13-32(14-3-1)48-38-18-8-10-20-40(38)49(41-21-11-9-19-39(41)48)42-25-24-34(36-16-6-7-17-37(36)42)33-23-27-45-44(30-33)51-47(53-45)29-26-43-50-35-15-5-4-12-31(35)22-28-46(50)54-52(43)51/h1-30H. The van der Waals surface area contributed by atoms with Gasteiger partial charge in [-0.3, -0.25) is 0 Å². The predicted octanol–water partition coefficient (Wildman–Crippen LogP) is 16.0. The summed E-state index contributed by atoms with van der Waals surface area (Å²) in [6.45, 7) is 0. The van der Waals surface area contributed by atoms with Gasteiger partial charge in [0.1, 0.15) is 0 Å². The first-order chi connectivity index (χ1) is 26.8. The maximum Gasteiger partial charge on any atom is 0.0448 e. The maximum atomic E-state index is 2.46. The zero-order valence-corrected chi connectivity index (χ0v) is 30.8. The molecule has 0 saturated carbocycles. The van der Waals surface area contributed by atoms with Crippen LogP contribution in [-0.4, -0.2) is 0 Å². The van der Waals surface area contributed by atoms with Crippen molar-refractivity contribution >= 4 is 106 Å². The van der Waals surface area contributed by atoms with Crippen molar-refractivity contribution < 1.29 is 0 Å². The van der Waals surface area contributed by atoms with Crippen LogP contribution in [0.25, 0.3) is 117 Å². The third-order valence-electron chi connectivity index (χ3n) is 11.5. The molecule has 54 heavy (non-hydrogen) atoms. The molecule has 250 valence electrons. The zero-order valence-electron chi connectivity index (χ0n) is 29.1. The van der Waals surface area contributed by atoms with Crippen molar-refractivity contribution in [2.24, 2.45) is 0 Å². The van der Waals surface area contributed by atoms with Crippen LogP contribution in [0.5, 0.6) is 0 Å². The first-order valence-corrected chi connectivity index (χ1v) is 20.1. The maximum absolute atomic E-state index is 2.46. The second-order valence-electron chi connectivity index (χ2n) is 14.3. The molecule has 0 fully saturated rings. The zero-order chi connectivity index (χ0) is 35.3. The van der Waals surface area contributed by atoms with E-state index < -0.39 is 0 Å². The first-order valence-electron chi connectivity index (χ1n) is 18.5. The van der Waals surface area contributed by atoms with Crippen LogP contribution in [0.2, 0.25) is 0 Å². The van der Waals surface area contributed by atoms with E-state index in [1.165, 1.54) is 117 Å². The molecule has 0 atom stereocenters. The molecule has 2 aromatic heterocycles. The Labute approximate surface area is 319 Å². The minimum absolute atomic E-state index is 1.24. The lowest BCUT2D eigenvalue weighted by atomic mass is 9.84. The molecular weight excluding hydrogens is 689 g/mol. The van der Waals surface area contributed by atoms with E-state index in [0.29, 0.717) is 0 Å². The molecule has 0 nitrogen and oxygen atoms in total. The highest BCUT2D eigenvalue weighted by Crippen LogP contribution is 2.49. The molecule has 10 aromatic carbocycles. The summed E-state index contributed by atoms with van der Waals surface area (Å²) in [6.07, 6.45) is 0. The number of hydrogen-bond donors (Lipinski definition) is 0. The summed E-state index contributed by atoms with van der Waals surface area (Å²) in [6, 6.07) is 67.7. The Balaban J connectivity index is 1.10. The van der Waals surface area contributed by atoms with Gasteiger partial charge in [0.25, 0.3) is 0 Å². The van der Waals surface area contributed by atoms with E-state index in [-0.39, 0.29) is 0 Å². The molecule has 0 aliphatic carbocycles. The largest absolute Gasteiger partial charge is 0.135 e. The van der Waals surface area contributed by atoms with Crippen LogP contribution < -0.4 is 0 Å². The highest BCUT2D eigenvalue weighted by Gasteiger charge is 2.20. The summed E-state index contributed by atoms with van der Waals surface area (Å²) in [5.74, 6) is 0. The van der Waals surface area contributed by atoms with Crippen molar-refractivity contribution in [3.05, 3.63) is 182 Å². The van der Waals surface area contributed by atoms with E-state index in [0.717, 1.165) is 0 Å². The van der Waals surface area contributed by atoms with Gasteiger partial charge in [-0.05, 0) is 101 Å². The van der Waals surface area contributed by atoms with Crippen molar-refractivity contribution in [1.82, 2.24) is 0 Å². The van der Waals surface area contributed by atoms with E-state index >= 15 is 0 Å². The van der Waals surface area contributed by atoms with Crippen LogP contribution >= 0.6 is 22.7 Å². The van der Waals surface area contributed by atoms with Gasteiger partial charge >= 0.3 is 0 Å². The quantitative estimate of drug-likeness (QED) is 0.160. The first kappa shape index (κ1) is 30.2. The predicted molar refractivity (Wildman–Crippen MR) is 239 cm³/mol. The Morgan fingerprint density at radius 3 is 1.57 bits per heavy atom. The van der Waals surface area contributed by atoms with Gasteiger partial charge in [0.2, 0.25) is 0 Å². The summed E-state index contributed by atoms with van der Waals surface area (Å²) < 4.78 is 5.43. The minimum Gasteiger partial charge on any atom is -0.135 e. The van der Waals surface area contributed by atoms with Gasteiger partial charge < -0.3 is 0 Å². The fourth-order valence-electron chi connectivity index (χ4n) is 9.14. The van der Waals surface area contributed by atoms with Gasteiger partial charge in [0.05, 0.1) is 0 Å². The smallest absolute Gasteiger partial charge is 0.0448 e. The molecule has 0 N–H and O–H groups in total. The molecule has 0 bridgehead atoms. The number of rotatable bonds is 3. The van der Waals surface area contributed by atoms with Gasteiger partial charge in [-0.1, -0.05) is 158 Å². The van der Waals surface area contributed by atoms with Gasteiger partial charge in [-0.15, -0.1) is 22.7 Å². The average Bonchev–Trinajstić information content (AvgIpc) is 3.81. The minimum atomic E-state index is 1.24. The Hall–Kier alpha value is -6.32. The van der Waals surface area contributed by atoms with Gasteiger partial charge in [-0.2, -0.15) is 0 Å². The fraction of sp³-hybridized carbons (Fsp3) is 0. The molecule has 0 unspecified atom stereocenters. The van der Waals surface area contributed by atoms with Gasteiger partial charge in [0.15, 0.2) is 0 Å². The monoisotopic (exact) mass is 718 g/mol. The molecule has 0 amide bonds. The molecule has 0 radical (unpaired) electrons. The van der Waals surface area contributed by atoms with Gasteiger partial charge in [0, 0.05) is 40.3 Å². The molecule has 0 aliphatic rings. The van der Waals surface area contributed by atoms with Gasteiger partial charge in [-0.25, -0.2) is 0 Å². The van der Waals surface area contributed by atoms with E-state index in [1.807, 2.05) is 22.7 Å². The molecule has 0 spiro atoms. The molecular formula is C52H30S2. The summed E-state index contributed by atoms with van der Waals surface area (Å²) in [7, 11) is 0. The molecule has 2 heteroatoms. The number of hydrogen-bond acceptors (Lipinski definition) is 2. The van der Waals surface area contributed by atoms with E-state index in [1.54, 1.807) is 0 Å². The van der Waals surface area contributed by atoms with Crippen LogP contribution in [0.4, 0.5) is 0 Å². The second kappa shape index (κ2) is 11.6. The third kappa shape index (κ3) is 4.30. The Morgan fingerprint density at radius 2 is 0.833 bits per heavy atom. The van der Waals surface area contributed by atoms with Crippen LogP contribution in [0.3, 0.4) is 0 Å². The molecule has 2 heterocycles. The van der Waals surface area contributed by atoms with Crippen LogP contribution in [0.1, 0.15) is 0 Å². The van der Waals surface area contributed by atoms with E-state index in [9.17, 15) is 0 Å². The molecule has 12 aromatic rings. The van der Waals surface area contributed by atoms with E-state index in [2.05, 4.69) is 182 Å².